The highest BCUT2D eigenvalue weighted by atomic mass is 19.4. The smallest absolute Gasteiger partial charge is 0.331 e. The van der Waals surface area contributed by atoms with E-state index < -0.39 is 23.6 Å². The van der Waals surface area contributed by atoms with Crippen LogP contribution in [0.3, 0.4) is 0 Å². The molecule has 0 saturated heterocycles. The number of aromatic nitrogens is 4. The van der Waals surface area contributed by atoms with E-state index >= 15 is 0 Å². The molecule has 2 aromatic heterocycles. The number of amides is 2. The lowest BCUT2D eigenvalue weighted by Gasteiger charge is -2.21. The van der Waals surface area contributed by atoms with Crippen LogP contribution in [0.2, 0.25) is 0 Å². The molecular formula is C14H19F3N6O. The second-order valence-corrected chi connectivity index (χ2v) is 5.83. The number of nitrogens with zero attached hydrogens (tertiary/aromatic N) is 4. The van der Waals surface area contributed by atoms with E-state index in [1.165, 1.54) is 7.05 Å². The molecule has 0 bridgehead atoms. The number of urea groups is 1. The standard InChI is InChI=1S/C14H19F3N6O/c1-8(2)11(9-5-18-22(3)6-9)20-13(24)19-10-7-23(4)21-12(10)14(15,16)17/h5-8,11H,1-4H3,(H2,19,20,24). The van der Waals surface area contributed by atoms with E-state index in [2.05, 4.69) is 20.8 Å². The van der Waals surface area contributed by atoms with Crippen LogP contribution in [0.1, 0.15) is 31.1 Å². The summed E-state index contributed by atoms with van der Waals surface area (Å²) in [7, 11) is 3.09. The zero-order valence-corrected chi connectivity index (χ0v) is 13.7. The van der Waals surface area contributed by atoms with Gasteiger partial charge < -0.3 is 10.6 Å². The molecule has 2 aromatic rings. The van der Waals surface area contributed by atoms with Gasteiger partial charge in [0, 0.05) is 32.1 Å². The van der Waals surface area contributed by atoms with Gasteiger partial charge >= 0.3 is 12.2 Å². The van der Waals surface area contributed by atoms with E-state index in [-0.39, 0.29) is 12.0 Å². The van der Waals surface area contributed by atoms with Crippen LogP contribution in [-0.4, -0.2) is 25.6 Å². The maximum atomic E-state index is 12.9. The number of rotatable bonds is 4. The first-order valence-electron chi connectivity index (χ1n) is 7.25. The van der Waals surface area contributed by atoms with Crippen molar-refractivity contribution in [3.63, 3.8) is 0 Å². The highest BCUT2D eigenvalue weighted by Crippen LogP contribution is 2.33. The van der Waals surface area contributed by atoms with Crippen LogP contribution in [0.25, 0.3) is 0 Å². The van der Waals surface area contributed by atoms with E-state index in [4.69, 9.17) is 0 Å². The minimum atomic E-state index is -4.65. The van der Waals surface area contributed by atoms with Gasteiger partial charge in [0.25, 0.3) is 0 Å². The van der Waals surface area contributed by atoms with Crippen molar-refractivity contribution in [3.8, 4) is 0 Å². The Kier molecular flexibility index (Phi) is 4.86. The summed E-state index contributed by atoms with van der Waals surface area (Å²) in [5, 5.41) is 12.3. The number of halogens is 3. The Bertz CT molecular complexity index is 718. The SMILES string of the molecule is CC(C)C(NC(=O)Nc1cn(C)nc1C(F)(F)F)c1cnn(C)c1. The minimum absolute atomic E-state index is 0.0240. The zero-order chi connectivity index (χ0) is 18.1. The predicted molar refractivity (Wildman–Crippen MR) is 81.2 cm³/mol. The van der Waals surface area contributed by atoms with Gasteiger partial charge in [0.1, 0.15) is 0 Å². The number of hydrogen-bond acceptors (Lipinski definition) is 3. The first-order valence-corrected chi connectivity index (χ1v) is 7.25. The average Bonchev–Trinajstić information content (AvgIpc) is 3.01. The van der Waals surface area contributed by atoms with E-state index in [0.717, 1.165) is 16.4 Å². The summed E-state index contributed by atoms with van der Waals surface area (Å²) in [5.41, 5.74) is -0.760. The van der Waals surface area contributed by atoms with E-state index in [0.29, 0.717) is 0 Å². The first-order chi connectivity index (χ1) is 11.1. The normalized spacial score (nSPS) is 13.2. The number of alkyl halides is 3. The fraction of sp³-hybridized carbons (Fsp3) is 0.500. The molecule has 0 aliphatic heterocycles. The van der Waals surface area contributed by atoms with Gasteiger partial charge in [-0.05, 0) is 5.92 Å². The second kappa shape index (κ2) is 6.54. The molecule has 0 aliphatic carbocycles. The van der Waals surface area contributed by atoms with Crippen LogP contribution in [-0.2, 0) is 20.3 Å². The highest BCUT2D eigenvalue weighted by molar-refractivity contribution is 5.90. The van der Waals surface area contributed by atoms with Gasteiger partial charge in [-0.3, -0.25) is 9.36 Å². The number of nitrogens with one attached hydrogen (secondary N) is 2. The quantitative estimate of drug-likeness (QED) is 0.895. The Balaban J connectivity index is 2.15. The maximum absolute atomic E-state index is 12.9. The molecule has 1 unspecified atom stereocenters. The van der Waals surface area contributed by atoms with Crippen molar-refractivity contribution in [3.05, 3.63) is 29.8 Å². The fourth-order valence-electron chi connectivity index (χ4n) is 2.32. The monoisotopic (exact) mass is 344 g/mol. The summed E-state index contributed by atoms with van der Waals surface area (Å²) in [4.78, 5) is 12.1. The third-order valence-electron chi connectivity index (χ3n) is 3.38. The second-order valence-electron chi connectivity index (χ2n) is 5.83. The summed E-state index contributed by atoms with van der Waals surface area (Å²) in [6, 6.07) is -1.12. The van der Waals surface area contributed by atoms with Crippen molar-refractivity contribution in [2.45, 2.75) is 26.1 Å². The van der Waals surface area contributed by atoms with Crippen molar-refractivity contribution in [2.75, 3.05) is 5.32 Å². The van der Waals surface area contributed by atoms with Crippen molar-refractivity contribution < 1.29 is 18.0 Å². The van der Waals surface area contributed by atoms with Crippen LogP contribution in [0.15, 0.2) is 18.6 Å². The molecule has 0 saturated carbocycles. The van der Waals surface area contributed by atoms with Crippen LogP contribution in [0.4, 0.5) is 23.7 Å². The summed E-state index contributed by atoms with van der Waals surface area (Å²) >= 11 is 0. The molecule has 1 atom stereocenters. The van der Waals surface area contributed by atoms with Crippen LogP contribution in [0.5, 0.6) is 0 Å². The lowest BCUT2D eigenvalue weighted by molar-refractivity contribution is -0.140. The Hall–Kier alpha value is -2.52. The van der Waals surface area contributed by atoms with E-state index in [1.54, 1.807) is 24.1 Å². The van der Waals surface area contributed by atoms with Gasteiger partial charge in [-0.15, -0.1) is 0 Å². The van der Waals surface area contributed by atoms with Gasteiger partial charge in [0.05, 0.1) is 17.9 Å². The van der Waals surface area contributed by atoms with Gasteiger partial charge in [-0.2, -0.15) is 23.4 Å². The molecule has 24 heavy (non-hydrogen) atoms. The molecule has 2 N–H and O–H groups in total. The predicted octanol–water partition coefficient (Wildman–Crippen LogP) is 2.69. The number of aryl methyl sites for hydroxylation is 2. The summed E-state index contributed by atoms with van der Waals surface area (Å²) in [5.74, 6) is 0.0240. The molecule has 2 rings (SSSR count). The average molecular weight is 344 g/mol. The van der Waals surface area contributed by atoms with Gasteiger partial charge in [-0.25, -0.2) is 4.79 Å². The Morgan fingerprint density at radius 3 is 2.38 bits per heavy atom. The van der Waals surface area contributed by atoms with Crippen molar-refractivity contribution in [1.29, 1.82) is 0 Å². The zero-order valence-electron chi connectivity index (χ0n) is 13.7. The number of carbonyl (C=O) groups is 1. The molecule has 10 heteroatoms. The molecule has 2 amide bonds. The van der Waals surface area contributed by atoms with Crippen LogP contribution < -0.4 is 10.6 Å². The number of carbonyl (C=O) groups excluding carboxylic acids is 1. The lowest BCUT2D eigenvalue weighted by Crippen LogP contribution is -2.35. The largest absolute Gasteiger partial charge is 0.437 e. The maximum Gasteiger partial charge on any atom is 0.437 e. The summed E-state index contributed by atoms with van der Waals surface area (Å²) < 4.78 is 41.3. The van der Waals surface area contributed by atoms with Crippen molar-refractivity contribution >= 4 is 11.7 Å². The molecule has 7 nitrogen and oxygen atoms in total. The molecular weight excluding hydrogens is 325 g/mol. The number of hydrogen-bond donors (Lipinski definition) is 2. The van der Waals surface area contributed by atoms with Gasteiger partial charge in [0.15, 0.2) is 5.69 Å². The third kappa shape index (κ3) is 4.06. The first kappa shape index (κ1) is 17.8. The minimum Gasteiger partial charge on any atom is -0.331 e. The summed E-state index contributed by atoms with van der Waals surface area (Å²) in [6.45, 7) is 3.78. The Morgan fingerprint density at radius 1 is 1.21 bits per heavy atom. The molecule has 2 heterocycles. The molecule has 0 aliphatic rings. The Labute approximate surface area is 136 Å². The number of anilines is 1. The highest BCUT2D eigenvalue weighted by Gasteiger charge is 2.37. The topological polar surface area (TPSA) is 76.8 Å². The van der Waals surface area contributed by atoms with Crippen molar-refractivity contribution in [2.24, 2.45) is 20.0 Å². The van der Waals surface area contributed by atoms with Crippen LogP contribution >= 0.6 is 0 Å². The van der Waals surface area contributed by atoms with Crippen molar-refractivity contribution in [1.82, 2.24) is 24.9 Å². The van der Waals surface area contributed by atoms with Gasteiger partial charge in [-0.1, -0.05) is 13.8 Å². The van der Waals surface area contributed by atoms with E-state index in [9.17, 15) is 18.0 Å². The third-order valence-corrected chi connectivity index (χ3v) is 3.38. The molecule has 0 spiro atoms. The molecule has 0 aromatic carbocycles. The Morgan fingerprint density at radius 2 is 1.88 bits per heavy atom. The lowest BCUT2D eigenvalue weighted by atomic mass is 9.99. The van der Waals surface area contributed by atoms with E-state index in [1.807, 2.05) is 13.8 Å². The molecule has 0 fully saturated rings. The fourth-order valence-corrected chi connectivity index (χ4v) is 2.32. The molecule has 132 valence electrons. The van der Waals surface area contributed by atoms with Gasteiger partial charge in [0.2, 0.25) is 0 Å². The summed E-state index contributed by atoms with van der Waals surface area (Å²) in [6.07, 6.45) is -0.187. The van der Waals surface area contributed by atoms with Crippen LogP contribution in [0, 0.1) is 5.92 Å². The molecule has 0 radical (unpaired) electrons.